The zero-order valence-corrected chi connectivity index (χ0v) is 14.6. The van der Waals surface area contributed by atoms with Crippen LogP contribution in [0.15, 0.2) is 47.6 Å². The molecule has 0 spiro atoms. The summed E-state index contributed by atoms with van der Waals surface area (Å²) in [6.45, 7) is 0. The van der Waals surface area contributed by atoms with Crippen LogP contribution in [0.5, 0.6) is 23.0 Å². The van der Waals surface area contributed by atoms with Crippen molar-refractivity contribution in [3.63, 3.8) is 0 Å². The summed E-state index contributed by atoms with van der Waals surface area (Å²) in [7, 11) is 6.28. The first-order valence-electron chi connectivity index (χ1n) is 7.51. The van der Waals surface area contributed by atoms with Crippen molar-refractivity contribution in [1.82, 2.24) is 0 Å². The summed E-state index contributed by atoms with van der Waals surface area (Å²) in [4.78, 5) is 0. The lowest BCUT2D eigenvalue weighted by Gasteiger charge is -2.09. The minimum absolute atomic E-state index is 0.385. The Hall–Kier alpha value is -3.15. The van der Waals surface area contributed by atoms with Crippen molar-refractivity contribution < 1.29 is 24.2 Å². The van der Waals surface area contributed by atoms with Crippen molar-refractivity contribution >= 4 is 11.8 Å². The molecule has 0 aromatic heterocycles. The van der Waals surface area contributed by atoms with Gasteiger partial charge in [0.05, 0.1) is 28.4 Å². The second-order valence-electron chi connectivity index (χ2n) is 5.00. The zero-order valence-electron chi connectivity index (χ0n) is 14.6. The van der Waals surface area contributed by atoms with Gasteiger partial charge >= 0.3 is 0 Å². The second-order valence-corrected chi connectivity index (χ2v) is 5.00. The third-order valence-electron chi connectivity index (χ3n) is 3.63. The lowest BCUT2D eigenvalue weighted by atomic mass is 10.1. The van der Waals surface area contributed by atoms with Crippen LogP contribution in [-0.4, -0.2) is 39.4 Å². The van der Waals surface area contributed by atoms with Crippen LogP contribution in [0.2, 0.25) is 0 Å². The van der Waals surface area contributed by atoms with E-state index < -0.39 is 0 Å². The monoisotopic (exact) mass is 343 g/mol. The van der Waals surface area contributed by atoms with Crippen molar-refractivity contribution in [3.05, 3.63) is 53.6 Å². The Bertz CT molecular complexity index is 783. The van der Waals surface area contributed by atoms with Crippen LogP contribution in [0.4, 0.5) is 0 Å². The van der Waals surface area contributed by atoms with E-state index in [-0.39, 0.29) is 0 Å². The molecule has 0 unspecified atom stereocenters. The molecule has 6 nitrogen and oxygen atoms in total. The molecule has 0 aliphatic rings. The van der Waals surface area contributed by atoms with E-state index in [0.29, 0.717) is 34.3 Å². The van der Waals surface area contributed by atoms with Crippen molar-refractivity contribution in [2.75, 3.05) is 28.4 Å². The van der Waals surface area contributed by atoms with Crippen LogP contribution >= 0.6 is 0 Å². The van der Waals surface area contributed by atoms with Gasteiger partial charge in [-0.15, -0.1) is 0 Å². The van der Waals surface area contributed by atoms with E-state index in [4.69, 9.17) is 18.9 Å². The number of ether oxygens (including phenoxy) is 4. The average molecular weight is 343 g/mol. The Morgan fingerprint density at radius 3 is 1.92 bits per heavy atom. The smallest absolute Gasteiger partial charge is 0.161 e. The van der Waals surface area contributed by atoms with Crippen molar-refractivity contribution in [2.45, 2.75) is 0 Å². The van der Waals surface area contributed by atoms with E-state index in [1.807, 2.05) is 24.3 Å². The summed E-state index contributed by atoms with van der Waals surface area (Å²) in [5, 5.41) is 12.7. The molecule has 0 aliphatic heterocycles. The quantitative estimate of drug-likeness (QED) is 0.472. The van der Waals surface area contributed by atoms with Crippen LogP contribution < -0.4 is 18.9 Å². The van der Waals surface area contributed by atoms with E-state index in [0.717, 1.165) is 5.56 Å². The van der Waals surface area contributed by atoms with E-state index >= 15 is 0 Å². The molecule has 1 N–H and O–H groups in total. The molecule has 0 radical (unpaired) electrons. The fraction of sp³-hybridized carbons (Fsp3) is 0.211. The maximum Gasteiger partial charge on any atom is 0.161 e. The highest BCUT2D eigenvalue weighted by atomic mass is 16.5. The molecule has 0 heterocycles. The van der Waals surface area contributed by atoms with Gasteiger partial charge in [-0.2, -0.15) is 0 Å². The number of hydrogen-bond acceptors (Lipinski definition) is 6. The summed E-state index contributed by atoms with van der Waals surface area (Å²) < 4.78 is 21.0. The molecule has 132 valence electrons. The van der Waals surface area contributed by atoms with Crippen LogP contribution in [0.1, 0.15) is 11.1 Å². The first kappa shape index (κ1) is 18.2. The summed E-state index contributed by atoms with van der Waals surface area (Å²) in [5.41, 5.74) is 1.95. The first-order chi connectivity index (χ1) is 12.2. The van der Waals surface area contributed by atoms with Gasteiger partial charge in [0.15, 0.2) is 23.0 Å². The van der Waals surface area contributed by atoms with Crippen LogP contribution in [0.3, 0.4) is 0 Å². The molecule has 0 saturated carbocycles. The van der Waals surface area contributed by atoms with Gasteiger partial charge in [0.1, 0.15) is 5.71 Å². The van der Waals surface area contributed by atoms with Crippen LogP contribution in [0, 0.1) is 0 Å². The third-order valence-corrected chi connectivity index (χ3v) is 3.63. The van der Waals surface area contributed by atoms with Gasteiger partial charge < -0.3 is 24.2 Å². The molecule has 2 aromatic carbocycles. The van der Waals surface area contributed by atoms with Crippen LogP contribution in [0.25, 0.3) is 6.08 Å². The van der Waals surface area contributed by atoms with Gasteiger partial charge in [0.25, 0.3) is 0 Å². The fourth-order valence-electron chi connectivity index (χ4n) is 2.31. The Labute approximate surface area is 146 Å². The predicted molar refractivity (Wildman–Crippen MR) is 96.4 cm³/mol. The Morgan fingerprint density at radius 1 is 0.800 bits per heavy atom. The highest BCUT2D eigenvalue weighted by Crippen LogP contribution is 2.29. The molecule has 2 aromatic rings. The largest absolute Gasteiger partial charge is 0.493 e. The average Bonchev–Trinajstić information content (AvgIpc) is 2.67. The highest BCUT2D eigenvalue weighted by Gasteiger charge is 2.08. The van der Waals surface area contributed by atoms with Gasteiger partial charge in [-0.1, -0.05) is 17.3 Å². The summed E-state index contributed by atoms with van der Waals surface area (Å²) >= 11 is 0. The van der Waals surface area contributed by atoms with E-state index in [2.05, 4.69) is 5.16 Å². The predicted octanol–water partition coefficient (Wildman–Crippen LogP) is 3.61. The minimum atomic E-state index is 0.385. The van der Waals surface area contributed by atoms with E-state index in [1.54, 1.807) is 52.7 Å². The lowest BCUT2D eigenvalue weighted by Crippen LogP contribution is -1.99. The Kier molecular flexibility index (Phi) is 6.28. The summed E-state index contributed by atoms with van der Waals surface area (Å²) in [6.07, 6.45) is 3.51. The van der Waals surface area contributed by atoms with Gasteiger partial charge in [0.2, 0.25) is 0 Å². The number of allylic oxidation sites excluding steroid dienone is 1. The van der Waals surface area contributed by atoms with E-state index in [1.165, 1.54) is 0 Å². The number of benzene rings is 2. The lowest BCUT2D eigenvalue weighted by molar-refractivity contribution is 0.320. The van der Waals surface area contributed by atoms with Crippen molar-refractivity contribution in [2.24, 2.45) is 5.16 Å². The molecule has 6 heteroatoms. The third kappa shape index (κ3) is 4.23. The second kappa shape index (κ2) is 8.63. The standard InChI is InChI=1S/C19H21NO5/c1-22-16-9-6-13(11-18(16)24-3)5-8-15(20-21)14-7-10-17(23-2)19(12-14)25-4/h5-12,21H,1-4H3/b8-5+,20-15+. The molecule has 25 heavy (non-hydrogen) atoms. The van der Waals surface area contributed by atoms with E-state index in [9.17, 15) is 5.21 Å². The normalized spacial score (nSPS) is 11.4. The molecule has 0 saturated heterocycles. The molecule has 0 aliphatic carbocycles. The van der Waals surface area contributed by atoms with Gasteiger partial charge in [-0.3, -0.25) is 0 Å². The molecule has 0 fully saturated rings. The number of oxime groups is 1. The first-order valence-corrected chi connectivity index (χ1v) is 7.51. The number of hydrogen-bond donors (Lipinski definition) is 1. The molecule has 0 bridgehead atoms. The van der Waals surface area contributed by atoms with Gasteiger partial charge in [-0.05, 0) is 42.0 Å². The maximum absolute atomic E-state index is 9.35. The molecular weight excluding hydrogens is 322 g/mol. The molecule has 0 amide bonds. The SMILES string of the molecule is COc1ccc(/C=C/C(=N\O)c2ccc(OC)c(OC)c2)cc1OC. The summed E-state index contributed by atoms with van der Waals surface area (Å²) in [6, 6.07) is 10.8. The van der Waals surface area contributed by atoms with Crippen molar-refractivity contribution in [3.8, 4) is 23.0 Å². The Balaban J connectivity index is 2.29. The Morgan fingerprint density at radius 2 is 1.36 bits per heavy atom. The highest BCUT2D eigenvalue weighted by molar-refractivity contribution is 6.10. The van der Waals surface area contributed by atoms with Crippen LogP contribution in [-0.2, 0) is 0 Å². The number of rotatable bonds is 7. The fourth-order valence-corrected chi connectivity index (χ4v) is 2.31. The number of nitrogens with zero attached hydrogens (tertiary/aromatic N) is 1. The van der Waals surface area contributed by atoms with Crippen molar-refractivity contribution in [1.29, 1.82) is 0 Å². The molecule has 2 rings (SSSR count). The minimum Gasteiger partial charge on any atom is -0.493 e. The zero-order chi connectivity index (χ0) is 18.2. The topological polar surface area (TPSA) is 69.5 Å². The summed E-state index contributed by atoms with van der Waals surface area (Å²) in [5.74, 6) is 2.43. The maximum atomic E-state index is 9.35. The van der Waals surface area contributed by atoms with Gasteiger partial charge in [0, 0.05) is 5.56 Å². The number of methoxy groups -OCH3 is 4. The van der Waals surface area contributed by atoms with Gasteiger partial charge in [-0.25, -0.2) is 0 Å². The molecule has 0 atom stereocenters. The molecular formula is C19H21NO5.